The summed E-state index contributed by atoms with van der Waals surface area (Å²) in [5.41, 5.74) is 2.28. The van der Waals surface area contributed by atoms with Gasteiger partial charge in [-0.05, 0) is 17.1 Å². The van der Waals surface area contributed by atoms with Crippen molar-refractivity contribution < 1.29 is 0 Å². The fraction of sp³-hybridized carbons (Fsp3) is 0.438. The van der Waals surface area contributed by atoms with Gasteiger partial charge < -0.3 is 0 Å². The van der Waals surface area contributed by atoms with Crippen molar-refractivity contribution in [2.45, 2.75) is 34.6 Å². The second kappa shape index (κ2) is 12.7. The lowest BCUT2D eigenvalue weighted by molar-refractivity contribution is 0.937. The van der Waals surface area contributed by atoms with E-state index in [1.807, 2.05) is 40.0 Å². The van der Waals surface area contributed by atoms with Crippen molar-refractivity contribution in [3.8, 4) is 0 Å². The lowest BCUT2D eigenvalue weighted by Crippen LogP contribution is -1.89. The van der Waals surface area contributed by atoms with E-state index < -0.39 is 0 Å². The molecule has 0 saturated heterocycles. The quantitative estimate of drug-likeness (QED) is 0.596. The third kappa shape index (κ3) is 7.51. The molecule has 1 atom stereocenters. The molecule has 17 heavy (non-hydrogen) atoms. The van der Waals surface area contributed by atoms with E-state index in [9.17, 15) is 0 Å². The Morgan fingerprint density at radius 1 is 1.18 bits per heavy atom. The molecule has 1 rings (SSSR count). The molecule has 0 aliphatic heterocycles. The molecule has 0 spiro atoms. The summed E-state index contributed by atoms with van der Waals surface area (Å²) in [7, 11) is 1.78. The van der Waals surface area contributed by atoms with Gasteiger partial charge in [-0.1, -0.05) is 71.6 Å². The van der Waals surface area contributed by atoms with Gasteiger partial charge in [-0.2, -0.15) is 0 Å². The van der Waals surface area contributed by atoms with Crippen molar-refractivity contribution in [1.82, 2.24) is 0 Å². The van der Waals surface area contributed by atoms with Crippen LogP contribution in [0.2, 0.25) is 0 Å². The molecule has 0 bridgehead atoms. The summed E-state index contributed by atoms with van der Waals surface area (Å²) in [5.74, 6) is 0.465. The number of rotatable bonds is 2. The van der Waals surface area contributed by atoms with Crippen LogP contribution < -0.4 is 0 Å². The molecule has 1 unspecified atom stereocenters. The molecule has 0 aromatic heterocycles. The highest BCUT2D eigenvalue weighted by molar-refractivity contribution is 5.86. The molecule has 0 amide bonds. The Kier molecular flexibility index (Phi) is 13.5. The standard InChI is InChI=1S/C12H15N.2C2H6/c1-4-11-8-10(2)6-5-7-12(11)9-13-3;2*1-2/h4-10H,1H2,2-3H3;2*1-2H3. The van der Waals surface area contributed by atoms with Crippen molar-refractivity contribution in [3.05, 3.63) is 48.1 Å². The van der Waals surface area contributed by atoms with Gasteiger partial charge in [0.1, 0.15) is 0 Å². The zero-order chi connectivity index (χ0) is 13.7. The van der Waals surface area contributed by atoms with Gasteiger partial charge >= 0.3 is 0 Å². The van der Waals surface area contributed by atoms with Crippen molar-refractivity contribution in [2.24, 2.45) is 10.9 Å². The molecule has 0 heterocycles. The molecule has 0 saturated carbocycles. The Labute approximate surface area is 107 Å². The van der Waals surface area contributed by atoms with E-state index >= 15 is 0 Å². The Hall–Kier alpha value is -1.37. The smallest absolute Gasteiger partial charge is 0.0287 e. The molecule has 0 radical (unpaired) electrons. The average Bonchev–Trinajstić information content (AvgIpc) is 2.56. The summed E-state index contributed by atoms with van der Waals surface area (Å²) >= 11 is 0. The topological polar surface area (TPSA) is 12.4 Å². The number of allylic oxidation sites excluding steroid dienone is 7. The van der Waals surface area contributed by atoms with Crippen LogP contribution in [0, 0.1) is 5.92 Å². The second-order valence-electron chi connectivity index (χ2n) is 3.08. The third-order valence-electron chi connectivity index (χ3n) is 1.95. The van der Waals surface area contributed by atoms with Crippen molar-refractivity contribution >= 4 is 6.21 Å². The first-order valence-electron chi connectivity index (χ1n) is 6.43. The maximum atomic E-state index is 4.01. The number of hydrogen-bond acceptors (Lipinski definition) is 1. The number of nitrogens with zero attached hydrogens (tertiary/aromatic N) is 1. The average molecular weight is 233 g/mol. The monoisotopic (exact) mass is 233 g/mol. The van der Waals surface area contributed by atoms with Crippen LogP contribution in [0.3, 0.4) is 0 Å². The Balaban J connectivity index is 0. The van der Waals surface area contributed by atoms with Crippen molar-refractivity contribution in [3.63, 3.8) is 0 Å². The van der Waals surface area contributed by atoms with Crippen LogP contribution in [-0.4, -0.2) is 13.3 Å². The number of hydrogen-bond donors (Lipinski definition) is 0. The highest BCUT2D eigenvalue weighted by Crippen LogP contribution is 2.17. The van der Waals surface area contributed by atoms with Crippen LogP contribution in [0.5, 0.6) is 0 Å². The van der Waals surface area contributed by atoms with Gasteiger partial charge in [0.15, 0.2) is 0 Å². The highest BCUT2D eigenvalue weighted by Gasteiger charge is 2.02. The summed E-state index contributed by atoms with van der Waals surface area (Å²) in [6.07, 6.45) is 12.2. The van der Waals surface area contributed by atoms with Gasteiger partial charge in [0.25, 0.3) is 0 Å². The minimum atomic E-state index is 0.465. The molecule has 0 N–H and O–H groups in total. The minimum absolute atomic E-state index is 0.465. The van der Waals surface area contributed by atoms with Crippen molar-refractivity contribution in [1.29, 1.82) is 0 Å². The molecule has 96 valence electrons. The summed E-state index contributed by atoms with van der Waals surface area (Å²) in [6, 6.07) is 0. The lowest BCUT2D eigenvalue weighted by Gasteiger charge is -2.02. The van der Waals surface area contributed by atoms with E-state index in [1.54, 1.807) is 7.05 Å². The third-order valence-corrected chi connectivity index (χ3v) is 1.95. The van der Waals surface area contributed by atoms with Gasteiger partial charge in [0.05, 0.1) is 0 Å². The Bertz CT molecular complexity index is 303. The van der Waals surface area contributed by atoms with Gasteiger partial charge in [0.2, 0.25) is 0 Å². The van der Waals surface area contributed by atoms with Gasteiger partial charge in [-0.3, -0.25) is 4.99 Å². The lowest BCUT2D eigenvalue weighted by atomic mass is 10.0. The summed E-state index contributed by atoms with van der Waals surface area (Å²) in [4.78, 5) is 4.01. The van der Waals surface area contributed by atoms with Crippen LogP contribution in [0.15, 0.2) is 53.1 Å². The summed E-state index contributed by atoms with van der Waals surface area (Å²) in [5, 5.41) is 0. The molecule has 1 aliphatic rings. The SMILES string of the molecule is C=CC1=CC(C)C=CC=C1C=NC.CC.CC. The first kappa shape index (κ1) is 18.0. The summed E-state index contributed by atoms with van der Waals surface area (Å²) in [6.45, 7) is 13.9. The van der Waals surface area contributed by atoms with E-state index in [0.29, 0.717) is 5.92 Å². The molecule has 0 aromatic carbocycles. The van der Waals surface area contributed by atoms with Gasteiger partial charge in [-0.25, -0.2) is 0 Å². The largest absolute Gasteiger partial charge is 0.296 e. The maximum absolute atomic E-state index is 4.01. The van der Waals surface area contributed by atoms with Crippen molar-refractivity contribution in [2.75, 3.05) is 7.05 Å². The van der Waals surface area contributed by atoms with E-state index in [0.717, 1.165) is 11.1 Å². The van der Waals surface area contributed by atoms with Crippen LogP contribution in [0.1, 0.15) is 34.6 Å². The number of aliphatic imine (C=N–C) groups is 1. The first-order valence-corrected chi connectivity index (χ1v) is 6.43. The minimum Gasteiger partial charge on any atom is -0.296 e. The van der Waals surface area contributed by atoms with Crippen LogP contribution >= 0.6 is 0 Å². The molecule has 0 aromatic rings. The molecular weight excluding hydrogens is 206 g/mol. The van der Waals surface area contributed by atoms with Crippen LogP contribution in [-0.2, 0) is 0 Å². The van der Waals surface area contributed by atoms with E-state index in [1.165, 1.54) is 0 Å². The second-order valence-corrected chi connectivity index (χ2v) is 3.08. The van der Waals surface area contributed by atoms with E-state index in [4.69, 9.17) is 0 Å². The highest BCUT2D eigenvalue weighted by atomic mass is 14.6. The van der Waals surface area contributed by atoms with Crippen LogP contribution in [0.4, 0.5) is 0 Å². The first-order chi connectivity index (χ1) is 8.27. The van der Waals surface area contributed by atoms with Gasteiger partial charge in [0, 0.05) is 13.3 Å². The molecule has 0 fully saturated rings. The normalized spacial score (nSPS) is 17.9. The zero-order valence-electron chi connectivity index (χ0n) is 12.2. The van der Waals surface area contributed by atoms with Gasteiger partial charge in [-0.15, -0.1) is 0 Å². The summed E-state index contributed by atoms with van der Waals surface area (Å²) < 4.78 is 0. The Morgan fingerprint density at radius 2 is 1.76 bits per heavy atom. The molecule has 1 nitrogen and oxygen atoms in total. The molecule has 1 aliphatic carbocycles. The predicted molar refractivity (Wildman–Crippen MR) is 81.8 cm³/mol. The fourth-order valence-corrected chi connectivity index (χ4v) is 1.31. The van der Waals surface area contributed by atoms with Crippen LogP contribution in [0.25, 0.3) is 0 Å². The Morgan fingerprint density at radius 3 is 2.24 bits per heavy atom. The molecular formula is C16H27N. The molecule has 1 heteroatoms. The fourth-order valence-electron chi connectivity index (χ4n) is 1.31. The van der Waals surface area contributed by atoms with E-state index in [-0.39, 0.29) is 0 Å². The predicted octanol–water partition coefficient (Wildman–Crippen LogP) is 4.98. The zero-order valence-corrected chi connectivity index (χ0v) is 12.2. The van der Waals surface area contributed by atoms with E-state index in [2.05, 4.69) is 42.8 Å². The maximum Gasteiger partial charge on any atom is 0.0287 e.